The second-order valence-electron chi connectivity index (χ2n) is 7.19. The fourth-order valence-corrected chi connectivity index (χ4v) is 4.65. The number of halogens is 2. The van der Waals surface area contributed by atoms with Crippen molar-refractivity contribution >= 4 is 50.4 Å². The number of rotatable bonds is 7. The first-order valence-corrected chi connectivity index (χ1v) is 11.8. The van der Waals surface area contributed by atoms with Crippen molar-refractivity contribution in [3.8, 4) is 5.75 Å². The number of carbonyl (C=O) groups is 2. The van der Waals surface area contributed by atoms with Crippen molar-refractivity contribution in [2.24, 2.45) is 0 Å². The first kappa shape index (κ1) is 21.9. The summed E-state index contributed by atoms with van der Waals surface area (Å²) in [6.07, 6.45) is 0.499. The van der Waals surface area contributed by atoms with Gasteiger partial charge in [-0.25, -0.2) is 0 Å². The molecule has 0 radical (unpaired) electrons. The lowest BCUT2D eigenvalue weighted by Gasteiger charge is -2.14. The molecule has 158 valence electrons. The maximum atomic E-state index is 12.8. The van der Waals surface area contributed by atoms with Crippen molar-refractivity contribution in [1.29, 1.82) is 0 Å². The average molecular weight is 517 g/mol. The minimum atomic E-state index is -0.408. The SMILES string of the molecule is O=C1S[C@H](Cc2ccc(OCc3ccc(Br)cc3)cc2)C(=O)N1Cc1ccc(Cl)cc1. The standard InChI is InChI=1S/C24H19BrClNO3S/c25-19-7-1-18(2-8-19)15-30-21-11-5-16(6-12-21)13-22-23(28)27(24(29)31-22)14-17-3-9-20(26)10-4-17/h1-12,22H,13-15H2/t22-/m1/s1. The molecule has 1 atom stereocenters. The summed E-state index contributed by atoms with van der Waals surface area (Å²) in [7, 11) is 0. The van der Waals surface area contributed by atoms with E-state index in [0.29, 0.717) is 18.1 Å². The van der Waals surface area contributed by atoms with Gasteiger partial charge in [-0.05, 0) is 59.5 Å². The molecule has 0 N–H and O–H groups in total. The van der Waals surface area contributed by atoms with E-state index in [0.717, 1.165) is 38.7 Å². The van der Waals surface area contributed by atoms with E-state index >= 15 is 0 Å². The molecular weight excluding hydrogens is 498 g/mol. The molecule has 1 saturated heterocycles. The maximum absolute atomic E-state index is 12.8. The van der Waals surface area contributed by atoms with Crippen molar-refractivity contribution in [3.05, 3.63) is 99.0 Å². The molecule has 0 unspecified atom stereocenters. The van der Waals surface area contributed by atoms with Gasteiger partial charge in [-0.3, -0.25) is 14.5 Å². The van der Waals surface area contributed by atoms with Crippen LogP contribution in [0.25, 0.3) is 0 Å². The summed E-state index contributed by atoms with van der Waals surface area (Å²) in [5, 5.41) is 0.00748. The maximum Gasteiger partial charge on any atom is 0.289 e. The Hall–Kier alpha value is -2.28. The molecule has 0 bridgehead atoms. The third kappa shape index (κ3) is 5.70. The zero-order valence-electron chi connectivity index (χ0n) is 16.5. The Bertz CT molecular complexity index is 1070. The Labute approximate surface area is 198 Å². The van der Waals surface area contributed by atoms with E-state index in [1.54, 1.807) is 12.1 Å². The van der Waals surface area contributed by atoms with Crippen LogP contribution in [0.2, 0.25) is 5.02 Å². The molecule has 7 heteroatoms. The first-order chi connectivity index (χ1) is 15.0. The topological polar surface area (TPSA) is 46.6 Å². The van der Waals surface area contributed by atoms with Crippen LogP contribution in [0, 0.1) is 0 Å². The van der Waals surface area contributed by atoms with Crippen LogP contribution in [-0.4, -0.2) is 21.3 Å². The third-order valence-corrected chi connectivity index (χ3v) is 6.78. The second-order valence-corrected chi connectivity index (χ2v) is 9.69. The molecule has 0 aliphatic carbocycles. The van der Waals surface area contributed by atoms with Crippen LogP contribution in [-0.2, 0) is 24.4 Å². The van der Waals surface area contributed by atoms with Gasteiger partial charge in [-0.15, -0.1) is 0 Å². The van der Waals surface area contributed by atoms with Gasteiger partial charge in [0.15, 0.2) is 0 Å². The molecular formula is C24H19BrClNO3S. The number of benzene rings is 3. The molecule has 0 spiro atoms. The smallest absolute Gasteiger partial charge is 0.289 e. The van der Waals surface area contributed by atoms with Crippen molar-refractivity contribution in [2.75, 3.05) is 0 Å². The summed E-state index contributed by atoms with van der Waals surface area (Å²) in [6, 6.07) is 22.8. The lowest BCUT2D eigenvalue weighted by Crippen LogP contribution is -2.31. The number of thioether (sulfide) groups is 1. The van der Waals surface area contributed by atoms with Crippen LogP contribution in [0.3, 0.4) is 0 Å². The minimum absolute atomic E-state index is 0.152. The van der Waals surface area contributed by atoms with Gasteiger partial charge in [0.1, 0.15) is 12.4 Å². The van der Waals surface area contributed by atoms with E-state index in [9.17, 15) is 9.59 Å². The largest absolute Gasteiger partial charge is 0.489 e. The predicted octanol–water partition coefficient (Wildman–Crippen LogP) is 6.49. The fourth-order valence-electron chi connectivity index (χ4n) is 3.23. The molecule has 0 saturated carbocycles. The average Bonchev–Trinajstić information content (AvgIpc) is 3.03. The highest BCUT2D eigenvalue weighted by molar-refractivity contribution is 9.10. The lowest BCUT2D eigenvalue weighted by atomic mass is 10.1. The highest BCUT2D eigenvalue weighted by atomic mass is 79.9. The normalized spacial score (nSPS) is 16.1. The van der Waals surface area contributed by atoms with E-state index in [4.69, 9.17) is 16.3 Å². The van der Waals surface area contributed by atoms with Crippen LogP contribution in [0.15, 0.2) is 77.3 Å². The Kier molecular flexibility index (Phi) is 7.00. The highest BCUT2D eigenvalue weighted by Gasteiger charge is 2.39. The van der Waals surface area contributed by atoms with E-state index in [1.807, 2.05) is 60.7 Å². The number of carbonyl (C=O) groups excluding carboxylic acids is 2. The number of hydrogen-bond donors (Lipinski definition) is 0. The fraction of sp³-hybridized carbons (Fsp3) is 0.167. The molecule has 2 amide bonds. The van der Waals surface area contributed by atoms with E-state index in [1.165, 1.54) is 4.90 Å². The Morgan fingerprint density at radius 1 is 0.871 bits per heavy atom. The zero-order valence-corrected chi connectivity index (χ0v) is 19.6. The Morgan fingerprint density at radius 2 is 1.48 bits per heavy atom. The highest BCUT2D eigenvalue weighted by Crippen LogP contribution is 2.31. The van der Waals surface area contributed by atoms with Gasteiger partial charge in [0, 0.05) is 9.50 Å². The van der Waals surface area contributed by atoms with Crippen LogP contribution in [0.1, 0.15) is 16.7 Å². The monoisotopic (exact) mass is 515 g/mol. The Balaban J connectivity index is 1.33. The number of nitrogens with zero attached hydrogens (tertiary/aromatic N) is 1. The molecule has 1 aliphatic heterocycles. The summed E-state index contributed by atoms with van der Waals surface area (Å²) < 4.78 is 6.86. The van der Waals surface area contributed by atoms with E-state index < -0.39 is 5.25 Å². The van der Waals surface area contributed by atoms with Crippen LogP contribution in [0.5, 0.6) is 5.75 Å². The van der Waals surface area contributed by atoms with Crippen LogP contribution >= 0.6 is 39.3 Å². The predicted molar refractivity (Wildman–Crippen MR) is 127 cm³/mol. The molecule has 3 aromatic carbocycles. The molecule has 3 aromatic rings. The molecule has 1 fully saturated rings. The Morgan fingerprint density at radius 3 is 2.16 bits per heavy atom. The van der Waals surface area contributed by atoms with Crippen LogP contribution in [0.4, 0.5) is 4.79 Å². The van der Waals surface area contributed by atoms with Gasteiger partial charge in [0.2, 0.25) is 5.91 Å². The van der Waals surface area contributed by atoms with Gasteiger partial charge in [-0.1, -0.05) is 75.7 Å². The molecule has 1 aliphatic rings. The summed E-state index contributed by atoms with van der Waals surface area (Å²) in [5.74, 6) is 0.609. The molecule has 31 heavy (non-hydrogen) atoms. The van der Waals surface area contributed by atoms with Crippen LogP contribution < -0.4 is 4.74 Å². The van der Waals surface area contributed by atoms with Crippen molar-refractivity contribution < 1.29 is 14.3 Å². The van der Waals surface area contributed by atoms with Gasteiger partial charge in [0.05, 0.1) is 11.8 Å². The van der Waals surface area contributed by atoms with Crippen molar-refractivity contribution in [3.63, 3.8) is 0 Å². The number of imide groups is 1. The molecule has 4 rings (SSSR count). The van der Waals surface area contributed by atoms with Crippen molar-refractivity contribution in [2.45, 2.75) is 24.8 Å². The quantitative estimate of drug-likeness (QED) is 0.360. The summed E-state index contributed by atoms with van der Waals surface area (Å²) in [4.78, 5) is 26.5. The molecule has 1 heterocycles. The van der Waals surface area contributed by atoms with Gasteiger partial charge in [0.25, 0.3) is 5.24 Å². The summed E-state index contributed by atoms with van der Waals surface area (Å²) >= 11 is 10.4. The zero-order chi connectivity index (χ0) is 21.8. The number of ether oxygens (including phenoxy) is 1. The lowest BCUT2D eigenvalue weighted by molar-refractivity contribution is -0.127. The van der Waals surface area contributed by atoms with E-state index in [-0.39, 0.29) is 17.7 Å². The number of hydrogen-bond acceptors (Lipinski definition) is 4. The van der Waals surface area contributed by atoms with Gasteiger partial charge >= 0.3 is 0 Å². The number of amides is 2. The first-order valence-electron chi connectivity index (χ1n) is 9.70. The van der Waals surface area contributed by atoms with Gasteiger partial charge < -0.3 is 4.74 Å². The minimum Gasteiger partial charge on any atom is -0.489 e. The third-order valence-electron chi connectivity index (χ3n) is 4.92. The van der Waals surface area contributed by atoms with E-state index in [2.05, 4.69) is 15.9 Å². The summed E-state index contributed by atoms with van der Waals surface area (Å²) in [5.41, 5.74) is 2.95. The molecule has 4 nitrogen and oxygen atoms in total. The van der Waals surface area contributed by atoms with Gasteiger partial charge in [-0.2, -0.15) is 0 Å². The second kappa shape index (κ2) is 9.90. The summed E-state index contributed by atoms with van der Waals surface area (Å²) in [6.45, 7) is 0.749. The van der Waals surface area contributed by atoms with Crippen molar-refractivity contribution in [1.82, 2.24) is 4.90 Å². The molecule has 0 aromatic heterocycles.